The number of aromatic nitrogens is 4. The third-order valence-corrected chi connectivity index (χ3v) is 10.6. The van der Waals surface area contributed by atoms with E-state index >= 15 is 0 Å². The lowest BCUT2D eigenvalue weighted by molar-refractivity contribution is 0.876. The van der Waals surface area contributed by atoms with E-state index in [2.05, 4.69) is 144 Å². The minimum Gasteiger partial charge on any atom is -0.309 e. The first-order valence-electron chi connectivity index (χ1n) is 18.8. The molecule has 55 heavy (non-hydrogen) atoms. The Morgan fingerprint density at radius 1 is 0.436 bits per heavy atom. The van der Waals surface area contributed by atoms with Crippen LogP contribution in [-0.2, 0) is 0 Å². The predicted octanol–water partition coefficient (Wildman–Crippen LogP) is 12.8. The van der Waals surface area contributed by atoms with E-state index in [-0.39, 0.29) is 5.92 Å². The van der Waals surface area contributed by atoms with Crippen LogP contribution in [0.3, 0.4) is 0 Å². The number of hydrogen-bond donors (Lipinski definition) is 0. The maximum atomic E-state index is 4.94. The number of nitrogens with zero attached hydrogens (tertiary/aromatic N) is 4. The zero-order valence-electron chi connectivity index (χ0n) is 30.1. The molecule has 9 aromatic rings. The van der Waals surface area contributed by atoms with E-state index in [1.165, 1.54) is 49.6 Å². The third-order valence-electron chi connectivity index (χ3n) is 10.6. The van der Waals surface area contributed by atoms with Crippen LogP contribution in [0.5, 0.6) is 0 Å². The molecule has 7 aromatic carbocycles. The summed E-state index contributed by atoms with van der Waals surface area (Å²) in [6.45, 7) is 0. The summed E-state index contributed by atoms with van der Waals surface area (Å²) >= 11 is 0. The molecule has 0 radical (unpaired) electrons. The van der Waals surface area contributed by atoms with Gasteiger partial charge in [0.15, 0.2) is 17.5 Å². The lowest BCUT2D eigenvalue weighted by Gasteiger charge is -2.21. The zero-order chi connectivity index (χ0) is 36.6. The first kappa shape index (κ1) is 32.5. The van der Waals surface area contributed by atoms with Gasteiger partial charge < -0.3 is 4.57 Å². The third kappa shape index (κ3) is 6.14. The average molecular weight is 705 g/mol. The highest BCUT2D eigenvalue weighted by molar-refractivity contribution is 6.12. The maximum absolute atomic E-state index is 4.94. The Kier molecular flexibility index (Phi) is 8.27. The Morgan fingerprint density at radius 3 is 1.58 bits per heavy atom. The van der Waals surface area contributed by atoms with Gasteiger partial charge in [0.25, 0.3) is 0 Å². The van der Waals surface area contributed by atoms with E-state index in [0.29, 0.717) is 17.5 Å². The topological polar surface area (TPSA) is 43.6 Å². The van der Waals surface area contributed by atoms with Gasteiger partial charge >= 0.3 is 0 Å². The molecule has 1 aliphatic carbocycles. The molecule has 4 nitrogen and oxygen atoms in total. The molecule has 10 rings (SSSR count). The van der Waals surface area contributed by atoms with Gasteiger partial charge in [-0.2, -0.15) is 0 Å². The molecule has 0 aliphatic heterocycles. The van der Waals surface area contributed by atoms with Crippen LogP contribution in [-0.4, -0.2) is 19.5 Å². The highest BCUT2D eigenvalue weighted by Gasteiger charge is 2.22. The molecule has 0 bridgehead atoms. The molecule has 0 spiro atoms. The number of para-hydroxylation sites is 1. The minimum atomic E-state index is 0.220. The standard InChI is InChI=1S/C51H36N4/c1-5-15-35(16-6-1)41-31-32-45-47(34-41)55(43-23-11-4-12-24-43)46-26-14-25-44(48(45)46)42-22-13-21-40(33-42)36-27-29-39(30-28-36)51-53-49(37-17-7-2-8-18-37)52-50(54-51)38-19-9-3-10-20-38/h1-32,34,42H,33H2. The predicted molar refractivity (Wildman–Crippen MR) is 227 cm³/mol. The molecule has 0 saturated heterocycles. The zero-order valence-corrected chi connectivity index (χ0v) is 30.1. The van der Waals surface area contributed by atoms with E-state index < -0.39 is 0 Å². The summed E-state index contributed by atoms with van der Waals surface area (Å²) in [6, 6.07) is 64.0. The highest BCUT2D eigenvalue weighted by Crippen LogP contribution is 2.42. The first-order chi connectivity index (χ1) is 27.3. The molecular formula is C51H36N4. The first-order valence-corrected chi connectivity index (χ1v) is 18.8. The molecule has 1 atom stereocenters. The molecule has 0 fully saturated rings. The van der Waals surface area contributed by atoms with Crippen LogP contribution in [0.2, 0.25) is 0 Å². The van der Waals surface area contributed by atoms with Crippen molar-refractivity contribution in [2.24, 2.45) is 0 Å². The fourth-order valence-corrected chi connectivity index (χ4v) is 7.95. The van der Waals surface area contributed by atoms with Gasteiger partial charge in [0, 0.05) is 39.1 Å². The Balaban J connectivity index is 1.01. The quantitative estimate of drug-likeness (QED) is 0.166. The van der Waals surface area contributed by atoms with Crippen molar-refractivity contribution in [3.8, 4) is 51.0 Å². The van der Waals surface area contributed by atoms with Crippen LogP contribution in [0.15, 0.2) is 200 Å². The second kappa shape index (κ2) is 14.0. The molecule has 0 N–H and O–H groups in total. The Morgan fingerprint density at radius 2 is 0.964 bits per heavy atom. The van der Waals surface area contributed by atoms with Gasteiger partial charge in [-0.05, 0) is 58.5 Å². The lowest BCUT2D eigenvalue weighted by atomic mass is 9.83. The fraction of sp³-hybridized carbons (Fsp3) is 0.0392. The molecule has 4 heteroatoms. The SMILES string of the molecule is C1=CC(c2cccc3c2c2ccc(-c4ccccc4)cc2n3-c2ccccc2)CC(c2ccc(-c3nc(-c4ccccc4)nc(-c4ccccc4)n3)cc2)=C1. The number of rotatable bonds is 7. The van der Waals surface area contributed by atoms with Gasteiger partial charge in [-0.15, -0.1) is 0 Å². The summed E-state index contributed by atoms with van der Waals surface area (Å²) in [7, 11) is 0. The minimum absolute atomic E-state index is 0.220. The summed E-state index contributed by atoms with van der Waals surface area (Å²) in [5, 5.41) is 2.58. The van der Waals surface area contributed by atoms with Crippen molar-refractivity contribution >= 4 is 27.4 Å². The highest BCUT2D eigenvalue weighted by atomic mass is 15.0. The van der Waals surface area contributed by atoms with Crippen molar-refractivity contribution in [1.82, 2.24) is 19.5 Å². The number of allylic oxidation sites excluding steroid dienone is 4. The summed E-state index contributed by atoms with van der Waals surface area (Å²) in [5.41, 5.74) is 12.8. The number of benzene rings is 7. The van der Waals surface area contributed by atoms with Crippen molar-refractivity contribution in [3.63, 3.8) is 0 Å². The van der Waals surface area contributed by atoms with Crippen LogP contribution >= 0.6 is 0 Å². The van der Waals surface area contributed by atoms with Crippen LogP contribution in [0, 0.1) is 0 Å². The molecule has 1 unspecified atom stereocenters. The molecular weight excluding hydrogens is 669 g/mol. The normalized spacial score (nSPS) is 14.0. The van der Waals surface area contributed by atoms with Crippen LogP contribution in [0.4, 0.5) is 0 Å². The Hall–Kier alpha value is -7.17. The van der Waals surface area contributed by atoms with Gasteiger partial charge in [-0.25, -0.2) is 15.0 Å². The molecule has 2 aromatic heterocycles. The van der Waals surface area contributed by atoms with Gasteiger partial charge in [0.05, 0.1) is 11.0 Å². The van der Waals surface area contributed by atoms with E-state index in [0.717, 1.165) is 28.8 Å². The second-order valence-electron chi connectivity index (χ2n) is 14.0. The largest absolute Gasteiger partial charge is 0.309 e. The molecule has 2 heterocycles. The average Bonchev–Trinajstić information content (AvgIpc) is 3.61. The molecule has 0 saturated carbocycles. The smallest absolute Gasteiger partial charge is 0.164 e. The van der Waals surface area contributed by atoms with Gasteiger partial charge in [-0.3, -0.25) is 0 Å². The maximum Gasteiger partial charge on any atom is 0.164 e. The van der Waals surface area contributed by atoms with Crippen molar-refractivity contribution in [2.75, 3.05) is 0 Å². The second-order valence-corrected chi connectivity index (χ2v) is 14.0. The van der Waals surface area contributed by atoms with Crippen molar-refractivity contribution in [2.45, 2.75) is 12.3 Å². The van der Waals surface area contributed by atoms with E-state index in [9.17, 15) is 0 Å². The summed E-state index contributed by atoms with van der Waals surface area (Å²) in [5.74, 6) is 2.20. The van der Waals surface area contributed by atoms with Gasteiger partial charge in [0.2, 0.25) is 0 Å². The van der Waals surface area contributed by atoms with Crippen molar-refractivity contribution in [3.05, 3.63) is 211 Å². The van der Waals surface area contributed by atoms with Crippen LogP contribution in [0.1, 0.15) is 23.5 Å². The monoisotopic (exact) mass is 704 g/mol. The molecule has 0 amide bonds. The van der Waals surface area contributed by atoms with E-state index in [1.54, 1.807) is 0 Å². The number of fused-ring (bicyclic) bond motifs is 3. The summed E-state index contributed by atoms with van der Waals surface area (Å²) < 4.78 is 2.43. The van der Waals surface area contributed by atoms with Crippen LogP contribution in [0.25, 0.3) is 78.4 Å². The Bertz CT molecular complexity index is 2800. The Labute approximate surface area is 320 Å². The number of hydrogen-bond acceptors (Lipinski definition) is 3. The summed E-state index contributed by atoms with van der Waals surface area (Å²) in [6.07, 6.45) is 7.74. The van der Waals surface area contributed by atoms with Gasteiger partial charge in [-0.1, -0.05) is 176 Å². The summed E-state index contributed by atoms with van der Waals surface area (Å²) in [4.78, 5) is 14.8. The van der Waals surface area contributed by atoms with Crippen molar-refractivity contribution < 1.29 is 0 Å². The fourth-order valence-electron chi connectivity index (χ4n) is 7.95. The molecule has 1 aliphatic rings. The van der Waals surface area contributed by atoms with Crippen molar-refractivity contribution in [1.29, 1.82) is 0 Å². The van der Waals surface area contributed by atoms with E-state index in [4.69, 9.17) is 15.0 Å². The molecule has 260 valence electrons. The van der Waals surface area contributed by atoms with Gasteiger partial charge in [0.1, 0.15) is 0 Å². The van der Waals surface area contributed by atoms with E-state index in [1.807, 2.05) is 60.7 Å². The van der Waals surface area contributed by atoms with Crippen LogP contribution < -0.4 is 0 Å². The lowest BCUT2D eigenvalue weighted by Crippen LogP contribution is -2.02.